The number of ketones is 4. The fourth-order valence-corrected chi connectivity index (χ4v) is 18.2. The summed E-state index contributed by atoms with van der Waals surface area (Å²) in [6.07, 6.45) is 15.7. The molecule has 15 rings (SSSR count). The van der Waals surface area contributed by atoms with Gasteiger partial charge in [-0.25, -0.2) is 48.9 Å². The number of piperazine rings is 3. The van der Waals surface area contributed by atoms with Crippen LogP contribution in [0.15, 0.2) is 164 Å². The van der Waals surface area contributed by atoms with Crippen LogP contribution < -0.4 is 40.4 Å². The molecule has 144 heavy (non-hydrogen) atoms. The van der Waals surface area contributed by atoms with Crippen LogP contribution in [-0.4, -0.2) is 243 Å². The summed E-state index contributed by atoms with van der Waals surface area (Å²) in [5, 5.41) is 38.0. The maximum absolute atomic E-state index is 13.8. The van der Waals surface area contributed by atoms with Crippen LogP contribution in [0.2, 0.25) is 10.3 Å². The molecule has 6 fully saturated rings. The van der Waals surface area contributed by atoms with Crippen LogP contribution in [0.5, 0.6) is 0 Å². The number of anilines is 7. The number of aromatic carboxylic acids is 2. The van der Waals surface area contributed by atoms with Gasteiger partial charge in [-0.1, -0.05) is 100 Å². The molecular weight excluding hydrogens is 1860 g/mol. The highest BCUT2D eigenvalue weighted by Crippen LogP contribution is 2.36. The highest BCUT2D eigenvalue weighted by Gasteiger charge is 2.36. The molecule has 5 aromatic heterocycles. The van der Waals surface area contributed by atoms with Gasteiger partial charge in [-0.3, -0.25) is 24.0 Å². The van der Waals surface area contributed by atoms with Crippen LogP contribution in [0.1, 0.15) is 261 Å². The number of nitriles is 1. The minimum absolute atomic E-state index is 0.0231. The Morgan fingerprint density at radius 3 is 1.26 bits per heavy atom. The number of Topliss-reactive ketones (excluding diaryl/α,β-unsaturated/α-hetero) is 4. The number of hydrogen-bond donors (Lipinski definition) is 5. The first-order chi connectivity index (χ1) is 68.6. The van der Waals surface area contributed by atoms with E-state index in [2.05, 4.69) is 110 Å². The number of para-hydroxylation sites is 3. The Morgan fingerprint density at radius 2 is 0.840 bits per heavy atom. The van der Waals surface area contributed by atoms with E-state index in [9.17, 15) is 53.5 Å². The third-order valence-corrected chi connectivity index (χ3v) is 26.0. The van der Waals surface area contributed by atoms with Crippen molar-refractivity contribution in [1.29, 1.82) is 5.26 Å². The van der Waals surface area contributed by atoms with E-state index in [1.165, 1.54) is 24.8 Å². The molecule has 6 aliphatic rings. The molecule has 768 valence electrons. The molecule has 9 aromatic rings. The molecule has 0 radical (unpaired) electrons. The third kappa shape index (κ3) is 32.7. The lowest BCUT2D eigenvalue weighted by Crippen LogP contribution is -2.55. The first-order valence-corrected chi connectivity index (χ1v) is 50.5. The second kappa shape index (κ2) is 54.7. The number of halogens is 2. The van der Waals surface area contributed by atoms with Gasteiger partial charge in [0.25, 0.3) is 5.91 Å². The van der Waals surface area contributed by atoms with Gasteiger partial charge in [0.2, 0.25) is 5.69 Å². The van der Waals surface area contributed by atoms with E-state index in [1.54, 1.807) is 66.9 Å². The molecule has 0 aliphatic carbocycles. The molecule has 3 amide bonds. The zero-order valence-electron chi connectivity index (χ0n) is 86.6. The van der Waals surface area contributed by atoms with Gasteiger partial charge in [0.05, 0.1) is 51.2 Å². The number of carbonyl (C=O) groups is 9. The largest absolute Gasteiger partial charge is 0.478 e. The van der Waals surface area contributed by atoms with Gasteiger partial charge in [-0.15, -0.1) is 0 Å². The average Bonchev–Trinajstić information content (AvgIpc) is 0.804. The van der Waals surface area contributed by atoms with E-state index < -0.39 is 17.5 Å². The Kier molecular flexibility index (Phi) is 43.3. The number of carbonyl (C=O) groups excluding carboxylic acids is 7. The standard InChI is InChI=1S/C34H40N6O2.C21H23N3O2.C18H27N3O3.C13H19N3O.C11H21NO2.C8H8ClNO.C6H4ClNO2/c1-6-32(41)27-10-9-15-36-33(27)40-19-18-39(22-25(40)4)34(42)28-21-30(24(3)20-23(28)2)37-26-13-16-38(17-14-26)31-12-8-7-11-29(31)35-5;1-14-11-15(2)19(12-18(14)21(25)26)23-17-7-9-24(10-8-17)20-6-4-3-5-16(20)13-22;1-6-15(22)14-8-7-9-19-16(14)21-11-10-20(12-13(21)2)17(23)24-18(3,4)5;1-3-12(17)11-5-4-6-15-13(11)16-8-7-14-9-10(16)2;1-9-6-5-7-12(8-9)10(13)14-11(2,3)4;1-2-7(11)6-4-3-5-10-8(6)9;7-5-4(6(9)10)2-1-3-8-5/h7-12,15,20-21,25-26,37H,6,13-14,16-19,22H2,1-4H3;3-6,11-12,17,23H,7-10H2,1-2H3,(H,25,26);7-9,13H,6,10-12H2,1-5H3;4-6,10,14H,3,7-9H2,1-2H3;9H,5-8H2,1-4H3;3-5H,2H2,1H3;1-3H,(H,9,10)/t25-;;13-;10-;9-;;/m1.110../s1. The average molecular weight is 2010 g/mol. The van der Waals surface area contributed by atoms with Crippen molar-refractivity contribution in [2.75, 3.05) is 133 Å². The van der Waals surface area contributed by atoms with Gasteiger partial charge in [-0.05, 0) is 248 Å². The van der Waals surface area contributed by atoms with Crippen LogP contribution in [-0.2, 0) is 9.47 Å². The lowest BCUT2D eigenvalue weighted by atomic mass is 9.99. The second-order valence-electron chi connectivity index (χ2n) is 38.7. The summed E-state index contributed by atoms with van der Waals surface area (Å²) in [6.45, 7) is 54.0. The number of ether oxygens (including phenoxy) is 2. The smallest absolute Gasteiger partial charge is 0.410 e. The molecule has 0 bridgehead atoms. The molecule has 0 unspecified atom stereocenters. The molecule has 6 aliphatic heterocycles. The summed E-state index contributed by atoms with van der Waals surface area (Å²) in [5.41, 5.74) is 12.1. The van der Waals surface area contributed by atoms with Crippen molar-refractivity contribution < 1.29 is 62.8 Å². The maximum atomic E-state index is 13.8. The van der Waals surface area contributed by atoms with E-state index in [1.807, 2.05) is 185 Å². The number of piperidine rings is 3. The SMILES string of the molecule is CCC(=O)c1cccnc1Cl.CCC(=O)c1cccnc1N1CCN(C(=O)OC(C)(C)C)C[C@H]1C.CCC(=O)c1cccnc1N1CCNC[C@H]1C.C[C@H]1CCCN(C(=O)OC(C)(C)C)C1.Cc1cc(C)c(C(=O)O)cc1NC1CCN(c2ccccc2C#N)CC1.O=C(O)c1cccnc1Cl.[C-]#[N+]c1ccccc1N1CCC(Nc2cc(C(=O)N3CCN(c4ncccc4C(=O)CC)[C@H](C)C3)c(C)cc2C)CC1. The predicted molar refractivity (Wildman–Crippen MR) is 570 cm³/mol. The molecular formula is C111H142Cl2N18O13. The van der Waals surface area contributed by atoms with E-state index in [-0.39, 0.29) is 69.6 Å². The third-order valence-electron chi connectivity index (χ3n) is 25.4. The van der Waals surface area contributed by atoms with E-state index in [0.717, 1.165) is 153 Å². The maximum Gasteiger partial charge on any atom is 0.410 e. The first kappa shape index (κ1) is 114. The van der Waals surface area contributed by atoms with Crippen LogP contribution in [0.25, 0.3) is 4.85 Å². The second-order valence-corrected chi connectivity index (χ2v) is 39.4. The predicted octanol–water partition coefficient (Wildman–Crippen LogP) is 21.2. The van der Waals surface area contributed by atoms with Crippen molar-refractivity contribution in [3.63, 3.8) is 0 Å². The molecule has 4 atom stereocenters. The molecule has 6 saturated heterocycles. The topological polar surface area (TPSA) is 367 Å². The van der Waals surface area contributed by atoms with E-state index >= 15 is 0 Å². The lowest BCUT2D eigenvalue weighted by molar-refractivity contribution is 0.0172. The highest BCUT2D eigenvalue weighted by molar-refractivity contribution is 6.33. The summed E-state index contributed by atoms with van der Waals surface area (Å²) in [4.78, 5) is 148. The number of pyridine rings is 5. The van der Waals surface area contributed by atoms with Crippen molar-refractivity contribution in [3.8, 4) is 6.07 Å². The summed E-state index contributed by atoms with van der Waals surface area (Å²) in [7, 11) is 0. The number of likely N-dealkylation sites (tertiary alicyclic amines) is 1. The van der Waals surface area contributed by atoms with Crippen LogP contribution in [0.3, 0.4) is 0 Å². The normalized spacial score (nSPS) is 16.9. The molecule has 33 heteroatoms. The molecule has 0 spiro atoms. The number of aromatic nitrogens is 5. The number of carboxylic acids is 2. The van der Waals surface area contributed by atoms with Gasteiger partial charge in [0, 0.05) is 208 Å². The minimum atomic E-state index is -1.06. The van der Waals surface area contributed by atoms with Crippen molar-refractivity contribution >= 4 is 122 Å². The summed E-state index contributed by atoms with van der Waals surface area (Å²) in [5.74, 6) is 1.32. The zero-order chi connectivity index (χ0) is 105. The molecule has 11 heterocycles. The summed E-state index contributed by atoms with van der Waals surface area (Å²) in [6, 6.07) is 43.9. The molecule has 0 saturated carbocycles. The van der Waals surface area contributed by atoms with E-state index in [0.29, 0.717) is 139 Å². The van der Waals surface area contributed by atoms with Gasteiger partial charge < -0.3 is 74.8 Å². The van der Waals surface area contributed by atoms with E-state index in [4.69, 9.17) is 44.4 Å². The van der Waals surface area contributed by atoms with Crippen LogP contribution in [0.4, 0.5) is 55.5 Å². The molecule has 31 nitrogen and oxygen atoms in total. The number of nitrogens with zero attached hydrogens (tertiary/aromatic N) is 15. The Morgan fingerprint density at radius 1 is 0.451 bits per heavy atom. The monoisotopic (exact) mass is 2010 g/mol. The van der Waals surface area contributed by atoms with Gasteiger partial charge in [0.15, 0.2) is 23.1 Å². The highest BCUT2D eigenvalue weighted by atomic mass is 35.5. The quantitative estimate of drug-likeness (QED) is 0.0269. The molecule has 4 aromatic carbocycles. The summed E-state index contributed by atoms with van der Waals surface area (Å²) < 4.78 is 10.8. The van der Waals surface area contributed by atoms with Gasteiger partial charge in [-0.2, -0.15) is 5.26 Å². The Hall–Kier alpha value is -13.6. The van der Waals surface area contributed by atoms with Crippen molar-refractivity contribution in [1.82, 2.24) is 44.9 Å². The van der Waals surface area contributed by atoms with Gasteiger partial charge >= 0.3 is 24.1 Å². The Bertz CT molecular complexity index is 5980. The Labute approximate surface area is 858 Å². The lowest BCUT2D eigenvalue weighted by Gasteiger charge is -2.41. The number of amides is 3. The van der Waals surface area contributed by atoms with Crippen molar-refractivity contribution in [2.24, 2.45) is 5.92 Å². The summed E-state index contributed by atoms with van der Waals surface area (Å²) >= 11 is 11.1. The number of aryl methyl sites for hydroxylation is 4. The van der Waals surface area contributed by atoms with Gasteiger partial charge in [0.1, 0.15) is 45.0 Å². The van der Waals surface area contributed by atoms with Crippen LogP contribution in [0, 0.1) is 51.5 Å². The number of carboxylic acid groups (broad SMARTS) is 2. The first-order valence-electron chi connectivity index (χ1n) is 49.7. The zero-order valence-corrected chi connectivity index (χ0v) is 88.1. The van der Waals surface area contributed by atoms with Crippen molar-refractivity contribution in [3.05, 3.63) is 253 Å². The number of nitrogens with one attached hydrogen (secondary N) is 3. The fraction of sp³-hybridized carbons (Fsp3) is 0.459. The molecule has 5 N–H and O–H groups in total. The fourth-order valence-electron chi connectivity index (χ4n) is 17.8. The number of benzene rings is 4. The Balaban J connectivity index is 0.000000198. The number of hydrogen-bond acceptors (Lipinski definition) is 25. The minimum Gasteiger partial charge on any atom is -0.478 e. The van der Waals surface area contributed by atoms with Crippen LogP contribution >= 0.6 is 23.2 Å². The number of rotatable bonds is 20. The van der Waals surface area contributed by atoms with Crippen molar-refractivity contribution in [2.45, 2.75) is 230 Å².